The van der Waals surface area contributed by atoms with Gasteiger partial charge in [-0.15, -0.1) is 6.58 Å². The normalized spacial score (nSPS) is 26.4. The van der Waals surface area contributed by atoms with Gasteiger partial charge in [-0.2, -0.15) is 0 Å². The van der Waals surface area contributed by atoms with E-state index in [9.17, 15) is 0 Å². The number of allylic oxidation sites excluding steroid dienone is 13. The Kier molecular flexibility index (Phi) is 8.25. The third-order valence-electron chi connectivity index (χ3n) is 10.9. The Morgan fingerprint density at radius 1 is 0.705 bits per heavy atom. The third kappa shape index (κ3) is 5.40. The second-order valence-electron chi connectivity index (χ2n) is 15.7. The van der Waals surface area contributed by atoms with Gasteiger partial charge in [-0.3, -0.25) is 0 Å². The standard InChI is InChI=1S/C44H52/c1-8-9-12-17-31-22-23-36(28-31)44(32-18-13-10-14-19-32,33-20-15-11-16-21-33)41-39-29-34(42(2,3)4)24-26-37(39)38-27-25-35(30-40(38)41)43(5,6)7/h8,10-11,13-16,18-22,24-30,37-41H,1,9,12,17,23H2,2-7H3. The first kappa shape index (κ1) is 30.6. The van der Waals surface area contributed by atoms with Crippen LogP contribution in [0, 0.1) is 40.4 Å². The van der Waals surface area contributed by atoms with E-state index in [0.29, 0.717) is 29.6 Å². The van der Waals surface area contributed by atoms with Crippen molar-refractivity contribution in [1.82, 2.24) is 0 Å². The molecule has 4 unspecified atom stereocenters. The zero-order chi connectivity index (χ0) is 31.1. The summed E-state index contributed by atoms with van der Waals surface area (Å²) in [5, 5.41) is 0. The van der Waals surface area contributed by atoms with Crippen molar-refractivity contribution in [2.75, 3.05) is 0 Å². The van der Waals surface area contributed by atoms with E-state index < -0.39 is 0 Å². The van der Waals surface area contributed by atoms with Crippen molar-refractivity contribution in [2.24, 2.45) is 40.4 Å². The average Bonchev–Trinajstić information content (AvgIpc) is 3.61. The minimum atomic E-state index is -0.253. The predicted molar refractivity (Wildman–Crippen MR) is 189 cm³/mol. The lowest BCUT2D eigenvalue weighted by Crippen LogP contribution is -2.44. The maximum absolute atomic E-state index is 3.98. The largest absolute Gasteiger partial charge is 0.103 e. The smallest absolute Gasteiger partial charge is 0.0457 e. The molecule has 6 rings (SSSR count). The highest BCUT2D eigenvalue weighted by molar-refractivity contribution is 5.57. The summed E-state index contributed by atoms with van der Waals surface area (Å²) in [5.74, 6) is 2.20. The first-order valence-corrected chi connectivity index (χ1v) is 17.0. The summed E-state index contributed by atoms with van der Waals surface area (Å²) in [6.45, 7) is 18.2. The van der Waals surface area contributed by atoms with Crippen molar-refractivity contribution in [3.8, 4) is 0 Å². The molecule has 0 heteroatoms. The van der Waals surface area contributed by atoms with Crippen LogP contribution in [0.5, 0.6) is 0 Å². The minimum absolute atomic E-state index is 0.108. The number of hydrogen-bond donors (Lipinski definition) is 0. The summed E-state index contributed by atoms with van der Waals surface area (Å²) in [5.41, 5.74) is 8.84. The van der Waals surface area contributed by atoms with Gasteiger partial charge in [-0.25, -0.2) is 0 Å². The summed E-state index contributed by atoms with van der Waals surface area (Å²) < 4.78 is 0. The van der Waals surface area contributed by atoms with Crippen molar-refractivity contribution in [3.05, 3.63) is 155 Å². The Hall–Kier alpha value is -3.38. The highest BCUT2D eigenvalue weighted by Gasteiger charge is 2.59. The van der Waals surface area contributed by atoms with E-state index in [1.54, 1.807) is 5.57 Å². The minimum Gasteiger partial charge on any atom is -0.103 e. The molecule has 0 heterocycles. The monoisotopic (exact) mass is 580 g/mol. The van der Waals surface area contributed by atoms with E-state index in [2.05, 4.69) is 163 Å². The lowest BCUT2D eigenvalue weighted by molar-refractivity contribution is 0.259. The van der Waals surface area contributed by atoms with E-state index in [4.69, 9.17) is 0 Å². The molecule has 0 amide bonds. The fourth-order valence-corrected chi connectivity index (χ4v) is 8.74. The zero-order valence-corrected chi connectivity index (χ0v) is 27.9. The molecule has 4 aliphatic carbocycles. The summed E-state index contributed by atoms with van der Waals surface area (Å²) in [6.07, 6.45) is 27.0. The van der Waals surface area contributed by atoms with Crippen LogP contribution in [0.15, 0.2) is 144 Å². The molecule has 0 saturated heterocycles. The molecule has 2 aromatic carbocycles. The molecule has 0 aliphatic heterocycles. The van der Waals surface area contributed by atoms with Crippen LogP contribution >= 0.6 is 0 Å². The number of rotatable bonds is 8. The molecule has 0 bridgehead atoms. The van der Waals surface area contributed by atoms with Crippen LogP contribution in [0.4, 0.5) is 0 Å². The van der Waals surface area contributed by atoms with Crippen molar-refractivity contribution >= 4 is 0 Å². The Morgan fingerprint density at radius 3 is 1.66 bits per heavy atom. The Balaban J connectivity index is 1.64. The molecule has 1 fully saturated rings. The lowest BCUT2D eigenvalue weighted by atomic mass is 9.55. The highest BCUT2D eigenvalue weighted by Crippen LogP contribution is 2.64. The molecule has 0 N–H and O–H groups in total. The molecule has 0 aromatic heterocycles. The topological polar surface area (TPSA) is 0 Å². The Labute approximate surface area is 267 Å². The van der Waals surface area contributed by atoms with Gasteiger partial charge in [-0.1, -0.05) is 168 Å². The van der Waals surface area contributed by atoms with Gasteiger partial charge in [-0.05, 0) is 88.4 Å². The van der Waals surface area contributed by atoms with E-state index in [-0.39, 0.29) is 16.2 Å². The molecule has 4 aliphatic rings. The Morgan fingerprint density at radius 2 is 1.20 bits per heavy atom. The van der Waals surface area contributed by atoms with Crippen LogP contribution in [-0.2, 0) is 5.41 Å². The van der Waals surface area contributed by atoms with E-state index in [1.165, 1.54) is 27.8 Å². The molecular weight excluding hydrogens is 528 g/mol. The number of fused-ring (bicyclic) bond motifs is 3. The summed E-state index contributed by atoms with van der Waals surface area (Å²) >= 11 is 0. The van der Waals surface area contributed by atoms with Crippen LogP contribution in [0.25, 0.3) is 0 Å². The maximum atomic E-state index is 3.98. The average molecular weight is 581 g/mol. The van der Waals surface area contributed by atoms with E-state index >= 15 is 0 Å². The van der Waals surface area contributed by atoms with Crippen LogP contribution in [-0.4, -0.2) is 0 Å². The van der Waals surface area contributed by atoms with Crippen molar-refractivity contribution in [2.45, 2.75) is 72.6 Å². The quantitative estimate of drug-likeness (QED) is 0.215. The third-order valence-corrected chi connectivity index (χ3v) is 10.9. The van der Waals surface area contributed by atoms with Gasteiger partial charge < -0.3 is 0 Å². The molecule has 4 atom stereocenters. The molecule has 0 radical (unpaired) electrons. The van der Waals surface area contributed by atoms with E-state index in [1.807, 2.05) is 0 Å². The summed E-state index contributed by atoms with van der Waals surface area (Å²) in [6, 6.07) is 23.1. The summed E-state index contributed by atoms with van der Waals surface area (Å²) in [4.78, 5) is 0. The fourth-order valence-electron chi connectivity index (χ4n) is 8.74. The molecule has 0 spiro atoms. The molecular formula is C44H52. The van der Waals surface area contributed by atoms with Gasteiger partial charge in [0.2, 0.25) is 0 Å². The first-order chi connectivity index (χ1) is 21.0. The molecule has 0 nitrogen and oxygen atoms in total. The van der Waals surface area contributed by atoms with Crippen molar-refractivity contribution in [1.29, 1.82) is 0 Å². The van der Waals surface area contributed by atoms with E-state index in [0.717, 1.165) is 25.7 Å². The van der Waals surface area contributed by atoms with Crippen LogP contribution in [0.1, 0.15) is 78.4 Å². The van der Waals surface area contributed by atoms with Crippen LogP contribution in [0.2, 0.25) is 0 Å². The SMILES string of the molecule is C=CCCCC1=CCC(C(c2ccccc2)(c2ccccc2)C2C3C=C(C(C)(C)C)C=CC3C3C=CC(C(C)(C)C)=CC32)=C1. The number of benzene rings is 2. The van der Waals surface area contributed by atoms with Crippen molar-refractivity contribution in [3.63, 3.8) is 0 Å². The second-order valence-corrected chi connectivity index (χ2v) is 15.7. The number of hydrogen-bond acceptors (Lipinski definition) is 0. The second kappa shape index (κ2) is 11.8. The lowest BCUT2D eigenvalue weighted by Gasteiger charge is -2.47. The van der Waals surface area contributed by atoms with Gasteiger partial charge >= 0.3 is 0 Å². The summed E-state index contributed by atoms with van der Waals surface area (Å²) in [7, 11) is 0. The Bertz CT molecular complexity index is 1450. The highest BCUT2D eigenvalue weighted by atomic mass is 14.6. The molecule has 44 heavy (non-hydrogen) atoms. The van der Waals surface area contributed by atoms with Crippen molar-refractivity contribution < 1.29 is 0 Å². The fraction of sp³-hybridized carbons (Fsp3) is 0.409. The molecule has 1 saturated carbocycles. The number of unbranched alkanes of at least 4 members (excludes halogenated alkanes) is 1. The van der Waals surface area contributed by atoms with Crippen LogP contribution in [0.3, 0.4) is 0 Å². The van der Waals surface area contributed by atoms with Gasteiger partial charge in [0.15, 0.2) is 0 Å². The zero-order valence-electron chi connectivity index (χ0n) is 27.9. The van der Waals surface area contributed by atoms with Gasteiger partial charge in [0.05, 0.1) is 0 Å². The molecule has 228 valence electrons. The maximum Gasteiger partial charge on any atom is 0.0457 e. The van der Waals surface area contributed by atoms with Gasteiger partial charge in [0, 0.05) is 5.41 Å². The molecule has 2 aromatic rings. The van der Waals surface area contributed by atoms with Gasteiger partial charge in [0.1, 0.15) is 0 Å². The first-order valence-electron chi connectivity index (χ1n) is 17.0. The predicted octanol–water partition coefficient (Wildman–Crippen LogP) is 11.8. The van der Waals surface area contributed by atoms with Gasteiger partial charge in [0.25, 0.3) is 0 Å². The van der Waals surface area contributed by atoms with Crippen LogP contribution < -0.4 is 0 Å².